The van der Waals surface area contributed by atoms with Crippen molar-refractivity contribution in [3.05, 3.63) is 59.2 Å². The molecular weight excluding hydrogens is 346 g/mol. The minimum atomic E-state index is -4.68. The minimum absolute atomic E-state index is 0.121. The lowest BCUT2D eigenvalue weighted by Crippen LogP contribution is -2.13. The van der Waals surface area contributed by atoms with E-state index >= 15 is 0 Å². The van der Waals surface area contributed by atoms with Crippen LogP contribution in [0.5, 0.6) is 0 Å². The Bertz CT molecular complexity index is 719. The van der Waals surface area contributed by atoms with Gasteiger partial charge in [0, 0.05) is 23.7 Å². The molecule has 0 spiro atoms. The highest BCUT2D eigenvalue weighted by atomic mass is 19.4. The highest BCUT2D eigenvalue weighted by Gasteiger charge is 2.34. The van der Waals surface area contributed by atoms with Gasteiger partial charge in [0.2, 0.25) is 0 Å². The third-order valence-corrected chi connectivity index (χ3v) is 3.84. The molecule has 25 heavy (non-hydrogen) atoms. The van der Waals surface area contributed by atoms with Gasteiger partial charge in [-0.3, -0.25) is 0 Å². The predicted molar refractivity (Wildman–Crippen MR) is 83.8 cm³/mol. The van der Waals surface area contributed by atoms with Crippen LogP contribution in [0.1, 0.15) is 35.4 Å². The van der Waals surface area contributed by atoms with E-state index in [4.69, 9.17) is 11.5 Å². The van der Waals surface area contributed by atoms with E-state index in [0.29, 0.717) is 11.3 Å². The maximum atomic E-state index is 13.0. The first kappa shape index (κ1) is 19.0. The van der Waals surface area contributed by atoms with Gasteiger partial charge in [0.05, 0.1) is 5.56 Å². The molecule has 4 N–H and O–H groups in total. The van der Waals surface area contributed by atoms with Crippen LogP contribution in [0.25, 0.3) is 0 Å². The molecule has 0 aliphatic carbocycles. The Kier molecular flexibility index (Phi) is 5.20. The van der Waals surface area contributed by atoms with Crippen molar-refractivity contribution in [2.45, 2.75) is 31.1 Å². The molecule has 2 rings (SSSR count). The van der Waals surface area contributed by atoms with Crippen molar-refractivity contribution in [1.29, 1.82) is 0 Å². The quantitative estimate of drug-likeness (QED) is 0.569. The number of rotatable bonds is 4. The lowest BCUT2D eigenvalue weighted by molar-refractivity contribution is -0.138. The third kappa shape index (κ3) is 5.04. The Balaban J connectivity index is 2.46. The summed E-state index contributed by atoms with van der Waals surface area (Å²) in [5.74, 6) is -0.857. The normalized spacial score (nSPS) is 13.7. The molecule has 2 aromatic carbocycles. The predicted octanol–water partition coefficient (Wildman–Crippen LogP) is 5.34. The average Bonchev–Trinajstić information content (AvgIpc) is 2.48. The van der Waals surface area contributed by atoms with E-state index in [9.17, 15) is 26.3 Å². The van der Waals surface area contributed by atoms with E-state index in [2.05, 4.69) is 0 Å². The molecule has 1 atom stereocenters. The van der Waals surface area contributed by atoms with Crippen LogP contribution < -0.4 is 11.5 Å². The van der Waals surface area contributed by atoms with Crippen molar-refractivity contribution in [3.63, 3.8) is 0 Å². The number of hydrogen-bond acceptors (Lipinski definition) is 2. The van der Waals surface area contributed by atoms with Gasteiger partial charge in [0.1, 0.15) is 0 Å². The largest absolute Gasteiger partial charge is 0.418 e. The molecule has 8 heteroatoms. The van der Waals surface area contributed by atoms with Crippen molar-refractivity contribution in [1.82, 2.24) is 0 Å². The van der Waals surface area contributed by atoms with Crippen molar-refractivity contribution < 1.29 is 26.3 Å². The second-order valence-corrected chi connectivity index (χ2v) is 5.72. The maximum absolute atomic E-state index is 13.0. The third-order valence-electron chi connectivity index (χ3n) is 3.84. The highest BCUT2D eigenvalue weighted by molar-refractivity contribution is 5.52. The number of benzene rings is 2. The standard InChI is InChI=1S/C17H16F6N2/c18-16(19,20)8-7-13(10-1-4-12(24)5-2-10)11-3-6-15(25)14(9-11)17(21,22)23/h1-6,9,13H,7-8,24-25H2. The van der Waals surface area contributed by atoms with Crippen LogP contribution in [-0.4, -0.2) is 6.18 Å². The fourth-order valence-corrected chi connectivity index (χ4v) is 2.60. The summed E-state index contributed by atoms with van der Waals surface area (Å²) in [5.41, 5.74) is 10.4. The van der Waals surface area contributed by atoms with Gasteiger partial charge in [0.25, 0.3) is 0 Å². The first-order chi connectivity index (χ1) is 11.5. The summed E-state index contributed by atoms with van der Waals surface area (Å²) in [6, 6.07) is 9.22. The topological polar surface area (TPSA) is 52.0 Å². The molecule has 0 amide bonds. The molecule has 1 unspecified atom stereocenters. The SMILES string of the molecule is Nc1ccc(C(CCC(F)(F)F)c2ccc(N)c(C(F)(F)F)c2)cc1. The van der Waals surface area contributed by atoms with Crippen LogP contribution in [0.2, 0.25) is 0 Å². The van der Waals surface area contributed by atoms with Crippen LogP contribution in [-0.2, 0) is 6.18 Å². The summed E-state index contributed by atoms with van der Waals surface area (Å²) in [6.07, 6.45) is -10.6. The second-order valence-electron chi connectivity index (χ2n) is 5.72. The van der Waals surface area contributed by atoms with E-state index in [1.165, 1.54) is 30.3 Å². The highest BCUT2D eigenvalue weighted by Crippen LogP contribution is 2.39. The summed E-state index contributed by atoms with van der Waals surface area (Å²) in [6.45, 7) is 0. The Hall–Kier alpha value is -2.38. The number of halogens is 6. The molecule has 0 heterocycles. The van der Waals surface area contributed by atoms with Gasteiger partial charge in [-0.05, 0) is 41.8 Å². The number of hydrogen-bond donors (Lipinski definition) is 2. The van der Waals surface area contributed by atoms with Crippen molar-refractivity contribution in [3.8, 4) is 0 Å². The van der Waals surface area contributed by atoms with Gasteiger partial charge in [-0.1, -0.05) is 18.2 Å². The van der Waals surface area contributed by atoms with Gasteiger partial charge >= 0.3 is 12.4 Å². The van der Waals surface area contributed by atoms with Crippen LogP contribution in [0.15, 0.2) is 42.5 Å². The molecule has 2 aromatic rings. The molecule has 0 fully saturated rings. The summed E-state index contributed by atoms with van der Waals surface area (Å²) < 4.78 is 77.0. The number of nitrogens with two attached hydrogens (primary N) is 2. The monoisotopic (exact) mass is 362 g/mol. The molecule has 0 aliphatic heterocycles. The Morgan fingerprint density at radius 3 is 1.88 bits per heavy atom. The van der Waals surface area contributed by atoms with Gasteiger partial charge < -0.3 is 11.5 Å². The summed E-state index contributed by atoms with van der Waals surface area (Å²) in [4.78, 5) is 0. The zero-order valence-electron chi connectivity index (χ0n) is 13.0. The Morgan fingerprint density at radius 2 is 1.36 bits per heavy atom. The molecule has 0 aliphatic rings. The van der Waals surface area contributed by atoms with E-state index in [-0.39, 0.29) is 12.0 Å². The number of alkyl halides is 6. The van der Waals surface area contributed by atoms with Crippen LogP contribution in [0.4, 0.5) is 37.7 Å². The van der Waals surface area contributed by atoms with E-state index in [1.807, 2.05) is 0 Å². The summed E-state index contributed by atoms with van der Waals surface area (Å²) in [5, 5.41) is 0. The van der Waals surface area contributed by atoms with Gasteiger partial charge in [0.15, 0.2) is 0 Å². The smallest absolute Gasteiger partial charge is 0.399 e. The molecule has 0 radical (unpaired) electrons. The van der Waals surface area contributed by atoms with Crippen LogP contribution in [0.3, 0.4) is 0 Å². The van der Waals surface area contributed by atoms with E-state index in [0.717, 1.165) is 12.1 Å². The van der Waals surface area contributed by atoms with Crippen molar-refractivity contribution in [2.24, 2.45) is 0 Å². The maximum Gasteiger partial charge on any atom is 0.418 e. The van der Waals surface area contributed by atoms with Gasteiger partial charge in [-0.25, -0.2) is 0 Å². The molecule has 0 saturated heterocycles. The first-order valence-corrected chi connectivity index (χ1v) is 7.36. The molecule has 0 aromatic heterocycles. The lowest BCUT2D eigenvalue weighted by Gasteiger charge is -2.21. The summed E-state index contributed by atoms with van der Waals surface area (Å²) in [7, 11) is 0. The number of nitrogen functional groups attached to an aromatic ring is 2. The molecular formula is C17H16F6N2. The minimum Gasteiger partial charge on any atom is -0.399 e. The van der Waals surface area contributed by atoms with Gasteiger partial charge in [-0.2, -0.15) is 26.3 Å². The zero-order valence-corrected chi connectivity index (χ0v) is 13.0. The van der Waals surface area contributed by atoms with Crippen LogP contribution >= 0.6 is 0 Å². The Morgan fingerprint density at radius 1 is 0.800 bits per heavy atom. The van der Waals surface area contributed by atoms with E-state index < -0.39 is 35.9 Å². The van der Waals surface area contributed by atoms with Crippen molar-refractivity contribution >= 4 is 11.4 Å². The molecule has 136 valence electrons. The van der Waals surface area contributed by atoms with E-state index in [1.54, 1.807) is 0 Å². The lowest BCUT2D eigenvalue weighted by atomic mass is 9.86. The zero-order chi connectivity index (χ0) is 18.8. The van der Waals surface area contributed by atoms with Crippen molar-refractivity contribution in [2.75, 3.05) is 11.5 Å². The fraction of sp³-hybridized carbons (Fsp3) is 0.294. The van der Waals surface area contributed by atoms with Gasteiger partial charge in [-0.15, -0.1) is 0 Å². The molecule has 0 bridgehead atoms. The fourth-order valence-electron chi connectivity index (χ4n) is 2.60. The Labute approximate surface area is 140 Å². The molecule has 2 nitrogen and oxygen atoms in total. The average molecular weight is 362 g/mol. The number of anilines is 2. The summed E-state index contributed by atoms with van der Waals surface area (Å²) >= 11 is 0. The molecule has 0 saturated carbocycles. The first-order valence-electron chi connectivity index (χ1n) is 7.36. The second kappa shape index (κ2) is 6.85. The van der Waals surface area contributed by atoms with Crippen LogP contribution in [0, 0.1) is 0 Å².